The molecule has 32 heavy (non-hydrogen) atoms. The molecule has 0 aliphatic carbocycles. The van der Waals surface area contributed by atoms with Crippen LogP contribution in [0.3, 0.4) is 0 Å². The van der Waals surface area contributed by atoms with Gasteiger partial charge in [-0.15, -0.1) is 0 Å². The molecule has 1 aliphatic rings. The predicted octanol–water partition coefficient (Wildman–Crippen LogP) is 3.26. The molecular weight excluding hydrogens is 402 g/mol. The summed E-state index contributed by atoms with van der Waals surface area (Å²) in [6.45, 7) is 4.84. The van der Waals surface area contributed by atoms with Gasteiger partial charge in [0.1, 0.15) is 0 Å². The van der Waals surface area contributed by atoms with Crippen molar-refractivity contribution in [1.82, 2.24) is 14.5 Å². The number of aromatic nitrogens is 2. The summed E-state index contributed by atoms with van der Waals surface area (Å²) in [6, 6.07) is 17.7. The second kappa shape index (κ2) is 9.73. The lowest BCUT2D eigenvalue weighted by Crippen LogP contribution is -2.45. The summed E-state index contributed by atoms with van der Waals surface area (Å²) in [6.07, 6.45) is 2.93. The van der Waals surface area contributed by atoms with Crippen LogP contribution < -0.4 is 15.9 Å². The summed E-state index contributed by atoms with van der Waals surface area (Å²) >= 11 is 0. The molecule has 1 saturated heterocycles. The molecule has 2 heterocycles. The number of imidazole rings is 1. The molecule has 1 amide bonds. The average molecular weight is 432 g/mol. The van der Waals surface area contributed by atoms with Crippen molar-refractivity contribution in [1.29, 1.82) is 5.26 Å². The number of anilines is 1. The van der Waals surface area contributed by atoms with E-state index in [9.17, 15) is 9.59 Å². The Labute approximate surface area is 187 Å². The number of aryl methyl sites for hydroxylation is 2. The van der Waals surface area contributed by atoms with E-state index in [0.29, 0.717) is 18.7 Å². The first-order valence-electron chi connectivity index (χ1n) is 11.3. The molecule has 1 aliphatic heterocycles. The molecule has 0 radical (unpaired) electrons. The maximum absolute atomic E-state index is 12.9. The van der Waals surface area contributed by atoms with Crippen LogP contribution in [-0.2, 0) is 17.9 Å². The van der Waals surface area contributed by atoms with Gasteiger partial charge in [-0.05, 0) is 55.7 Å². The summed E-state index contributed by atoms with van der Waals surface area (Å²) < 4.78 is 3.52. The minimum Gasteiger partial charge on any atom is -0.371 e. The molecule has 0 atom stereocenters. The van der Waals surface area contributed by atoms with Gasteiger partial charge in [0, 0.05) is 44.3 Å². The van der Waals surface area contributed by atoms with Crippen molar-refractivity contribution < 1.29 is 4.79 Å². The smallest absolute Gasteiger partial charge is 0.329 e. The molecule has 1 fully saturated rings. The molecule has 166 valence electrons. The van der Waals surface area contributed by atoms with Gasteiger partial charge in [-0.2, -0.15) is 5.26 Å². The molecule has 1 aromatic heterocycles. The molecule has 0 unspecified atom stereocenters. The highest BCUT2D eigenvalue weighted by molar-refractivity contribution is 5.78. The maximum atomic E-state index is 12.9. The lowest BCUT2D eigenvalue weighted by molar-refractivity contribution is -0.122. The Balaban J connectivity index is 1.32. The van der Waals surface area contributed by atoms with Crippen LogP contribution in [0.15, 0.2) is 53.3 Å². The molecule has 1 N–H and O–H groups in total. The minimum atomic E-state index is -0.0448. The fraction of sp³-hybridized carbons (Fsp3) is 0.400. The number of para-hydroxylation sites is 2. The number of benzene rings is 2. The van der Waals surface area contributed by atoms with E-state index in [1.165, 1.54) is 0 Å². The quantitative estimate of drug-likeness (QED) is 0.622. The molecule has 7 nitrogen and oxygen atoms in total. The average Bonchev–Trinajstić information content (AvgIpc) is 3.09. The summed E-state index contributed by atoms with van der Waals surface area (Å²) in [5.74, 6) is -0.0129. The Hall–Kier alpha value is -3.53. The predicted molar refractivity (Wildman–Crippen MR) is 126 cm³/mol. The highest BCUT2D eigenvalue weighted by atomic mass is 16.2. The van der Waals surface area contributed by atoms with Gasteiger partial charge in [0.2, 0.25) is 5.91 Å². The third-order valence-electron chi connectivity index (χ3n) is 6.16. The highest BCUT2D eigenvalue weighted by Crippen LogP contribution is 2.20. The Morgan fingerprint density at radius 3 is 2.25 bits per heavy atom. The Morgan fingerprint density at radius 2 is 1.66 bits per heavy atom. The number of carbonyl (C=O) groups excluding carboxylic acids is 1. The van der Waals surface area contributed by atoms with Gasteiger partial charge >= 0.3 is 5.69 Å². The number of hydrogen-bond acceptors (Lipinski definition) is 4. The van der Waals surface area contributed by atoms with Crippen LogP contribution in [0.5, 0.6) is 0 Å². The number of nitriles is 1. The van der Waals surface area contributed by atoms with Gasteiger partial charge in [-0.25, -0.2) is 4.79 Å². The third kappa shape index (κ3) is 4.54. The first-order valence-corrected chi connectivity index (χ1v) is 11.3. The van der Waals surface area contributed by atoms with E-state index in [4.69, 9.17) is 5.26 Å². The zero-order valence-electron chi connectivity index (χ0n) is 18.5. The van der Waals surface area contributed by atoms with Crippen LogP contribution in [0.1, 0.15) is 38.2 Å². The fourth-order valence-corrected chi connectivity index (χ4v) is 4.47. The largest absolute Gasteiger partial charge is 0.371 e. The molecular formula is C25H29N5O2. The van der Waals surface area contributed by atoms with Crippen molar-refractivity contribution in [2.45, 2.75) is 51.7 Å². The number of nitrogens with zero attached hydrogens (tertiary/aromatic N) is 4. The van der Waals surface area contributed by atoms with Gasteiger partial charge in [0.05, 0.1) is 22.7 Å². The van der Waals surface area contributed by atoms with Crippen molar-refractivity contribution in [3.63, 3.8) is 0 Å². The Bertz CT molecular complexity index is 1180. The summed E-state index contributed by atoms with van der Waals surface area (Å²) in [4.78, 5) is 27.8. The number of amides is 1. The van der Waals surface area contributed by atoms with Crippen LogP contribution in [0.4, 0.5) is 5.69 Å². The van der Waals surface area contributed by atoms with Crippen molar-refractivity contribution in [2.24, 2.45) is 0 Å². The van der Waals surface area contributed by atoms with Gasteiger partial charge in [-0.1, -0.05) is 19.1 Å². The molecule has 4 rings (SSSR count). The van der Waals surface area contributed by atoms with Crippen LogP contribution in [0.2, 0.25) is 0 Å². The van der Waals surface area contributed by atoms with Crippen LogP contribution in [-0.4, -0.2) is 34.2 Å². The van der Waals surface area contributed by atoms with Crippen molar-refractivity contribution in [2.75, 3.05) is 18.0 Å². The topological polar surface area (TPSA) is 83.1 Å². The van der Waals surface area contributed by atoms with E-state index in [2.05, 4.69) is 23.2 Å². The Morgan fingerprint density at radius 1 is 1.03 bits per heavy atom. The molecule has 0 bridgehead atoms. The highest BCUT2D eigenvalue weighted by Gasteiger charge is 2.21. The minimum absolute atomic E-state index is 0.0129. The van der Waals surface area contributed by atoms with E-state index in [1.807, 2.05) is 48.5 Å². The van der Waals surface area contributed by atoms with Crippen LogP contribution >= 0.6 is 0 Å². The SMILES string of the molecule is CCCn1c(=O)n(CCC(=O)NC2CCN(c3ccc(C#N)cc3)CC2)c2ccccc21. The lowest BCUT2D eigenvalue weighted by Gasteiger charge is -2.34. The summed E-state index contributed by atoms with van der Waals surface area (Å²) in [5, 5.41) is 12.1. The zero-order valence-corrected chi connectivity index (χ0v) is 18.5. The first kappa shape index (κ1) is 21.7. The molecule has 7 heteroatoms. The number of piperidine rings is 1. The van der Waals surface area contributed by atoms with Crippen LogP contribution in [0.25, 0.3) is 11.0 Å². The van der Waals surface area contributed by atoms with Crippen molar-refractivity contribution in [3.8, 4) is 6.07 Å². The molecule has 0 saturated carbocycles. The van der Waals surface area contributed by atoms with E-state index < -0.39 is 0 Å². The number of nitrogens with one attached hydrogen (secondary N) is 1. The summed E-state index contributed by atoms with van der Waals surface area (Å²) in [5.41, 5.74) is 3.53. The van der Waals surface area contributed by atoms with Gasteiger partial charge in [-0.3, -0.25) is 13.9 Å². The van der Waals surface area contributed by atoms with E-state index in [1.54, 1.807) is 9.13 Å². The zero-order chi connectivity index (χ0) is 22.5. The molecule has 0 spiro atoms. The molecule has 3 aromatic rings. The van der Waals surface area contributed by atoms with E-state index in [-0.39, 0.29) is 24.1 Å². The van der Waals surface area contributed by atoms with Gasteiger partial charge in [0.25, 0.3) is 0 Å². The standard InChI is InChI=1S/C25H29N5O2/c1-2-14-29-22-5-3-4-6-23(22)30(25(29)32)17-13-24(31)27-20-11-15-28(16-12-20)21-9-7-19(18-26)8-10-21/h3-10,20H,2,11-17H2,1H3,(H,27,31). The maximum Gasteiger partial charge on any atom is 0.329 e. The van der Waals surface area contributed by atoms with Crippen LogP contribution in [0, 0.1) is 11.3 Å². The van der Waals surface area contributed by atoms with E-state index >= 15 is 0 Å². The third-order valence-corrected chi connectivity index (χ3v) is 6.16. The van der Waals surface area contributed by atoms with E-state index in [0.717, 1.165) is 49.1 Å². The second-order valence-electron chi connectivity index (χ2n) is 8.31. The monoisotopic (exact) mass is 431 g/mol. The van der Waals surface area contributed by atoms with Crippen molar-refractivity contribution >= 4 is 22.6 Å². The number of carbonyl (C=O) groups is 1. The summed E-state index contributed by atoms with van der Waals surface area (Å²) in [7, 11) is 0. The normalized spacial score (nSPS) is 14.4. The molecule has 2 aromatic carbocycles. The number of rotatable bonds is 7. The van der Waals surface area contributed by atoms with Gasteiger partial charge in [0.15, 0.2) is 0 Å². The Kier molecular flexibility index (Phi) is 6.60. The number of fused-ring (bicyclic) bond motifs is 1. The van der Waals surface area contributed by atoms with Crippen molar-refractivity contribution in [3.05, 3.63) is 64.6 Å². The fourth-order valence-electron chi connectivity index (χ4n) is 4.47. The second-order valence-corrected chi connectivity index (χ2v) is 8.31. The lowest BCUT2D eigenvalue weighted by atomic mass is 10.0. The van der Waals surface area contributed by atoms with Gasteiger partial charge < -0.3 is 10.2 Å². The first-order chi connectivity index (χ1) is 15.6. The number of hydrogen-bond donors (Lipinski definition) is 1.